The van der Waals surface area contributed by atoms with Crippen LogP contribution in [0.4, 0.5) is 10.7 Å². The number of hydrogen-bond donors (Lipinski definition) is 2. The number of carbonyl (C=O) groups excluding carboxylic acids is 4. The van der Waals surface area contributed by atoms with Crippen LogP contribution < -0.4 is 16.0 Å². The molecule has 0 bridgehead atoms. The molecule has 0 saturated heterocycles. The van der Waals surface area contributed by atoms with Gasteiger partial charge in [0.1, 0.15) is 11.0 Å². The number of carbonyl (C=O) groups is 4. The van der Waals surface area contributed by atoms with Gasteiger partial charge in [-0.1, -0.05) is 15.9 Å². The third-order valence-electron chi connectivity index (χ3n) is 5.30. The molecule has 1 atom stereocenters. The van der Waals surface area contributed by atoms with Gasteiger partial charge in [0, 0.05) is 9.35 Å². The normalized spacial score (nSPS) is 16.4. The number of amides is 3. The van der Waals surface area contributed by atoms with E-state index in [0.717, 1.165) is 36.1 Å². The summed E-state index contributed by atoms with van der Waals surface area (Å²) in [6.07, 6.45) is 3.63. The van der Waals surface area contributed by atoms with Gasteiger partial charge >= 0.3 is 0 Å². The number of nitrogens with zero attached hydrogens (tertiary/aromatic N) is 1. The van der Waals surface area contributed by atoms with E-state index < -0.39 is 29.5 Å². The molecule has 2 heterocycles. The first kappa shape index (κ1) is 19.8. The topological polar surface area (TPSA) is 110 Å². The molecule has 3 N–H and O–H groups in total. The Kier molecular flexibility index (Phi) is 5.04. The van der Waals surface area contributed by atoms with Gasteiger partial charge < -0.3 is 11.1 Å². The smallest absolute Gasteiger partial charge is 0.300 e. The monoisotopic (exact) mass is 475 g/mol. The number of hydrogen-bond acceptors (Lipinski definition) is 5. The van der Waals surface area contributed by atoms with Crippen molar-refractivity contribution in [2.75, 3.05) is 10.2 Å². The van der Waals surface area contributed by atoms with Crippen LogP contribution in [0.1, 0.15) is 50.9 Å². The summed E-state index contributed by atoms with van der Waals surface area (Å²) >= 11 is 4.65. The molecular formula is C20H18BrN3O4S. The summed E-state index contributed by atoms with van der Waals surface area (Å²) < 4.78 is 0.673. The van der Waals surface area contributed by atoms with Gasteiger partial charge in [0.05, 0.1) is 16.8 Å². The number of rotatable bonds is 4. The lowest BCUT2D eigenvalue weighted by atomic mass is 9.95. The molecule has 7 nitrogen and oxygen atoms in total. The molecule has 1 aromatic heterocycles. The van der Waals surface area contributed by atoms with E-state index in [4.69, 9.17) is 5.73 Å². The zero-order valence-corrected chi connectivity index (χ0v) is 18.0. The molecule has 0 spiro atoms. The summed E-state index contributed by atoms with van der Waals surface area (Å²) in [5, 5.41) is 3.18. The fourth-order valence-electron chi connectivity index (χ4n) is 3.87. The maximum atomic E-state index is 12.9. The highest BCUT2D eigenvalue weighted by Gasteiger charge is 2.41. The Morgan fingerprint density at radius 2 is 1.97 bits per heavy atom. The summed E-state index contributed by atoms with van der Waals surface area (Å²) in [6.45, 7) is 1.55. The van der Waals surface area contributed by atoms with E-state index in [2.05, 4.69) is 21.2 Å². The highest BCUT2D eigenvalue weighted by molar-refractivity contribution is 9.10. The molecule has 4 rings (SSSR count). The summed E-state index contributed by atoms with van der Waals surface area (Å²) in [5.41, 5.74) is 7.51. The van der Waals surface area contributed by atoms with Gasteiger partial charge in [-0.05, 0) is 56.4 Å². The highest BCUT2D eigenvalue weighted by atomic mass is 79.9. The van der Waals surface area contributed by atoms with Crippen LogP contribution in [0, 0.1) is 0 Å². The number of primary amides is 1. The van der Waals surface area contributed by atoms with Crippen molar-refractivity contribution in [3.63, 3.8) is 0 Å². The van der Waals surface area contributed by atoms with Gasteiger partial charge in [-0.2, -0.15) is 0 Å². The van der Waals surface area contributed by atoms with Crippen molar-refractivity contribution in [3.8, 4) is 0 Å². The van der Waals surface area contributed by atoms with E-state index in [9.17, 15) is 19.2 Å². The summed E-state index contributed by atoms with van der Waals surface area (Å²) in [5.74, 6) is -2.45. The average Bonchev–Trinajstić information content (AvgIpc) is 3.16. The first-order chi connectivity index (χ1) is 13.8. The third kappa shape index (κ3) is 3.28. The molecule has 2 aliphatic rings. The largest absolute Gasteiger partial charge is 0.365 e. The number of nitrogens with two attached hydrogens (primary N) is 1. The number of halogens is 1. The van der Waals surface area contributed by atoms with E-state index in [1.807, 2.05) is 0 Å². The lowest BCUT2D eigenvalue weighted by molar-refractivity contribution is -0.120. The fraction of sp³-hybridized carbons (Fsp3) is 0.300. The van der Waals surface area contributed by atoms with Gasteiger partial charge in [-0.25, -0.2) is 0 Å². The summed E-state index contributed by atoms with van der Waals surface area (Å²) in [4.78, 5) is 52.1. The predicted molar refractivity (Wildman–Crippen MR) is 114 cm³/mol. The second kappa shape index (κ2) is 7.38. The Bertz CT molecular complexity index is 1080. The van der Waals surface area contributed by atoms with E-state index >= 15 is 0 Å². The van der Waals surface area contributed by atoms with Gasteiger partial charge in [0.15, 0.2) is 0 Å². The quantitative estimate of drug-likeness (QED) is 0.661. The molecule has 0 saturated carbocycles. The average molecular weight is 476 g/mol. The number of anilines is 2. The SMILES string of the molecule is CC(C(=O)Nc1sc2c(c1C(N)=O)CCCC2)N1C(=O)C(=O)c2cc(Br)ccc21. The lowest BCUT2D eigenvalue weighted by Gasteiger charge is -2.23. The molecule has 3 amide bonds. The molecule has 2 aromatic rings. The number of thiophene rings is 1. The maximum Gasteiger partial charge on any atom is 0.300 e. The Hall–Kier alpha value is -2.52. The zero-order chi connectivity index (χ0) is 20.9. The van der Waals surface area contributed by atoms with E-state index in [1.54, 1.807) is 25.1 Å². The Labute approximate surface area is 179 Å². The predicted octanol–water partition coefficient (Wildman–Crippen LogP) is 3.04. The first-order valence-corrected chi connectivity index (χ1v) is 10.8. The van der Waals surface area contributed by atoms with Crippen LogP contribution in [0.15, 0.2) is 22.7 Å². The number of nitrogens with one attached hydrogen (secondary N) is 1. The number of fused-ring (bicyclic) bond motifs is 2. The van der Waals surface area contributed by atoms with Crippen molar-refractivity contribution < 1.29 is 19.2 Å². The van der Waals surface area contributed by atoms with Crippen molar-refractivity contribution in [1.82, 2.24) is 0 Å². The van der Waals surface area contributed by atoms with Crippen LogP contribution in [0.25, 0.3) is 0 Å². The van der Waals surface area contributed by atoms with E-state index in [0.29, 0.717) is 20.7 Å². The van der Waals surface area contributed by atoms with Crippen molar-refractivity contribution in [2.45, 2.75) is 38.6 Å². The molecular weight excluding hydrogens is 458 g/mol. The first-order valence-electron chi connectivity index (χ1n) is 9.22. The molecule has 29 heavy (non-hydrogen) atoms. The zero-order valence-electron chi connectivity index (χ0n) is 15.6. The number of benzene rings is 1. The number of aryl methyl sites for hydroxylation is 1. The minimum absolute atomic E-state index is 0.258. The minimum atomic E-state index is -0.936. The summed E-state index contributed by atoms with van der Waals surface area (Å²) in [7, 11) is 0. The Morgan fingerprint density at radius 1 is 1.24 bits per heavy atom. The van der Waals surface area contributed by atoms with Gasteiger partial charge in [0.25, 0.3) is 17.6 Å². The van der Waals surface area contributed by atoms with Crippen molar-refractivity contribution in [2.24, 2.45) is 5.73 Å². The second-order valence-electron chi connectivity index (χ2n) is 7.11. The van der Waals surface area contributed by atoms with Crippen LogP contribution in [0.5, 0.6) is 0 Å². The molecule has 1 aromatic carbocycles. The lowest BCUT2D eigenvalue weighted by Crippen LogP contribution is -2.45. The Morgan fingerprint density at radius 3 is 2.69 bits per heavy atom. The highest BCUT2D eigenvalue weighted by Crippen LogP contribution is 2.38. The minimum Gasteiger partial charge on any atom is -0.365 e. The molecule has 0 radical (unpaired) electrons. The molecule has 1 aliphatic heterocycles. The van der Waals surface area contributed by atoms with Crippen LogP contribution in [-0.2, 0) is 22.4 Å². The molecule has 0 fully saturated rings. The third-order valence-corrected chi connectivity index (χ3v) is 7.00. The number of ketones is 1. The number of Topliss-reactive ketones (excluding diaryl/α,β-unsaturated/α-hetero) is 1. The summed E-state index contributed by atoms with van der Waals surface area (Å²) in [6, 6.07) is 3.97. The van der Waals surface area contributed by atoms with Crippen LogP contribution in [-0.4, -0.2) is 29.5 Å². The Balaban J connectivity index is 1.64. The fourth-order valence-corrected chi connectivity index (χ4v) is 5.53. The van der Waals surface area contributed by atoms with Crippen molar-refractivity contribution in [1.29, 1.82) is 0 Å². The molecule has 9 heteroatoms. The molecule has 1 aliphatic carbocycles. The molecule has 1 unspecified atom stereocenters. The maximum absolute atomic E-state index is 12.9. The van der Waals surface area contributed by atoms with Crippen LogP contribution in [0.2, 0.25) is 0 Å². The molecule has 150 valence electrons. The van der Waals surface area contributed by atoms with Gasteiger partial charge in [0.2, 0.25) is 5.91 Å². The van der Waals surface area contributed by atoms with E-state index in [-0.39, 0.29) is 5.56 Å². The van der Waals surface area contributed by atoms with Crippen molar-refractivity contribution in [3.05, 3.63) is 44.2 Å². The van der Waals surface area contributed by atoms with Crippen LogP contribution >= 0.6 is 27.3 Å². The van der Waals surface area contributed by atoms with E-state index in [1.165, 1.54) is 16.2 Å². The van der Waals surface area contributed by atoms with Gasteiger partial charge in [-0.15, -0.1) is 11.3 Å². The van der Waals surface area contributed by atoms with Crippen LogP contribution in [0.3, 0.4) is 0 Å². The van der Waals surface area contributed by atoms with Gasteiger partial charge in [-0.3, -0.25) is 24.1 Å². The standard InChI is InChI=1S/C20H18BrN3O4S/c1-9(24-13-7-6-10(21)8-12(13)16(25)20(24)28)18(27)23-19-15(17(22)26)11-4-2-3-5-14(11)29-19/h6-9H,2-5H2,1H3,(H2,22,26)(H,23,27). The van der Waals surface area contributed by atoms with Crippen molar-refractivity contribution >= 4 is 61.5 Å². The second-order valence-corrected chi connectivity index (χ2v) is 9.13.